The van der Waals surface area contributed by atoms with Crippen molar-refractivity contribution in [3.63, 3.8) is 0 Å². The fourth-order valence-electron chi connectivity index (χ4n) is 5.34. The van der Waals surface area contributed by atoms with Crippen molar-refractivity contribution in [3.8, 4) is 39.9 Å². The van der Waals surface area contributed by atoms with E-state index in [0.717, 1.165) is 16.7 Å². The number of benzene rings is 2. The molecule has 1 aliphatic heterocycles. The molecule has 2 amide bonds. The second kappa shape index (κ2) is 12.3. The van der Waals surface area contributed by atoms with Crippen LogP contribution in [0.4, 0.5) is 5.69 Å². The maximum absolute atomic E-state index is 13.4. The number of methoxy groups -OCH3 is 3. The average Bonchev–Trinajstić information content (AvgIpc) is 3.33. The maximum atomic E-state index is 13.4. The van der Waals surface area contributed by atoms with Crippen molar-refractivity contribution in [1.82, 2.24) is 10.6 Å². The first-order chi connectivity index (χ1) is 20.3. The highest BCUT2D eigenvalue weighted by Gasteiger charge is 2.29. The lowest BCUT2D eigenvalue weighted by molar-refractivity contribution is -0.120. The molecule has 3 aromatic rings. The fourth-order valence-corrected chi connectivity index (χ4v) is 5.34. The van der Waals surface area contributed by atoms with Crippen LogP contribution in [0.1, 0.15) is 36.1 Å². The molecule has 0 unspecified atom stereocenters. The number of hydrogen-bond donors (Lipinski definition) is 3. The minimum absolute atomic E-state index is 0.117. The molecule has 42 heavy (non-hydrogen) atoms. The van der Waals surface area contributed by atoms with Crippen LogP contribution < -0.4 is 45.1 Å². The maximum Gasteiger partial charge on any atom is 0.239 e. The Hall–Kier alpha value is -4.93. The molecule has 2 aliphatic rings. The standard InChI is InChI=1S/C31H33N3O8/c1-17(35)34-22-8-6-19-12-27(38-2)30(39-3)31(40-4)29(19)20-7-9-23(24(36)13-21(20)22)32-15-28(37)33-14-18-5-10-25-26(11-18)42-16-41-25/h5,7,9-13,22H,6,8,14-16H2,1-4H3,(H,32,36)(H,33,37)(H,34,35)/t22-/m0/s1. The van der Waals surface area contributed by atoms with Crippen LogP contribution in [0.2, 0.25) is 0 Å². The Kier molecular flexibility index (Phi) is 8.37. The van der Waals surface area contributed by atoms with E-state index in [1.807, 2.05) is 18.2 Å². The van der Waals surface area contributed by atoms with Crippen LogP contribution in [-0.2, 0) is 22.6 Å². The van der Waals surface area contributed by atoms with Gasteiger partial charge in [0.2, 0.25) is 29.8 Å². The van der Waals surface area contributed by atoms with E-state index in [0.29, 0.717) is 59.3 Å². The molecular formula is C31H33N3O8. The van der Waals surface area contributed by atoms with E-state index >= 15 is 0 Å². The number of aryl methyl sites for hydroxylation is 1. The first-order valence-electron chi connectivity index (χ1n) is 13.5. The summed E-state index contributed by atoms with van der Waals surface area (Å²) in [5, 5.41) is 8.79. The number of ether oxygens (including phenoxy) is 5. The van der Waals surface area contributed by atoms with Crippen molar-refractivity contribution in [1.29, 1.82) is 0 Å². The fraction of sp³-hybridized carbons (Fsp3) is 0.323. The molecule has 0 saturated heterocycles. The average molecular weight is 576 g/mol. The Morgan fingerprint density at radius 1 is 0.952 bits per heavy atom. The molecule has 1 atom stereocenters. The monoisotopic (exact) mass is 575 g/mol. The van der Waals surface area contributed by atoms with E-state index in [9.17, 15) is 14.4 Å². The Bertz CT molecular complexity index is 1590. The zero-order valence-corrected chi connectivity index (χ0v) is 23.9. The van der Waals surface area contributed by atoms with Crippen LogP contribution in [-0.4, -0.2) is 46.5 Å². The smallest absolute Gasteiger partial charge is 0.239 e. The molecule has 0 spiro atoms. The van der Waals surface area contributed by atoms with Gasteiger partial charge in [-0.05, 0) is 65.4 Å². The number of carbonyl (C=O) groups is 2. The van der Waals surface area contributed by atoms with Gasteiger partial charge in [0.25, 0.3) is 0 Å². The summed E-state index contributed by atoms with van der Waals surface area (Å²) in [7, 11) is 4.64. The molecule has 11 heteroatoms. The molecular weight excluding hydrogens is 542 g/mol. The van der Waals surface area contributed by atoms with Gasteiger partial charge in [-0.25, -0.2) is 0 Å². The first kappa shape index (κ1) is 28.6. The second-order valence-electron chi connectivity index (χ2n) is 9.91. The Morgan fingerprint density at radius 2 is 1.74 bits per heavy atom. The number of rotatable bonds is 9. The number of anilines is 1. The molecule has 0 fully saturated rings. The summed E-state index contributed by atoms with van der Waals surface area (Å²) in [6, 6.07) is 11.9. The molecule has 0 bridgehead atoms. The van der Waals surface area contributed by atoms with Crippen LogP contribution >= 0.6 is 0 Å². The van der Waals surface area contributed by atoms with Crippen molar-refractivity contribution < 1.29 is 33.3 Å². The van der Waals surface area contributed by atoms with E-state index in [-0.39, 0.29) is 36.3 Å². The van der Waals surface area contributed by atoms with E-state index in [4.69, 9.17) is 23.7 Å². The van der Waals surface area contributed by atoms with Gasteiger partial charge in [0.15, 0.2) is 23.0 Å². The number of amides is 2. The molecule has 3 aromatic carbocycles. The Balaban J connectivity index is 1.44. The number of nitrogens with one attached hydrogen (secondary N) is 3. The van der Waals surface area contributed by atoms with Crippen molar-refractivity contribution in [3.05, 3.63) is 69.4 Å². The topological polar surface area (TPSA) is 133 Å². The van der Waals surface area contributed by atoms with E-state index < -0.39 is 6.04 Å². The summed E-state index contributed by atoms with van der Waals surface area (Å²) >= 11 is 0. The van der Waals surface area contributed by atoms with Crippen LogP contribution in [0.15, 0.2) is 47.3 Å². The molecule has 1 aliphatic carbocycles. The lowest BCUT2D eigenvalue weighted by Crippen LogP contribution is -2.30. The third-order valence-electron chi connectivity index (χ3n) is 7.28. The van der Waals surface area contributed by atoms with E-state index in [1.165, 1.54) is 20.1 Å². The Labute approximate surface area is 243 Å². The van der Waals surface area contributed by atoms with Crippen molar-refractivity contribution >= 4 is 17.5 Å². The largest absolute Gasteiger partial charge is 0.493 e. The second-order valence-corrected chi connectivity index (χ2v) is 9.91. The molecule has 0 saturated carbocycles. The molecule has 5 rings (SSSR count). The van der Waals surface area contributed by atoms with Gasteiger partial charge in [0.1, 0.15) is 0 Å². The van der Waals surface area contributed by atoms with Crippen molar-refractivity contribution in [2.45, 2.75) is 32.4 Å². The van der Waals surface area contributed by atoms with Gasteiger partial charge in [-0.15, -0.1) is 0 Å². The van der Waals surface area contributed by atoms with Crippen molar-refractivity contribution in [2.75, 3.05) is 40.0 Å². The lowest BCUT2D eigenvalue weighted by atomic mass is 9.95. The zero-order chi connectivity index (χ0) is 29.8. The number of hydrogen-bond acceptors (Lipinski definition) is 9. The molecule has 1 heterocycles. The summed E-state index contributed by atoms with van der Waals surface area (Å²) in [5.41, 5.74) is 3.80. The molecule has 220 valence electrons. The van der Waals surface area contributed by atoms with E-state index in [1.54, 1.807) is 32.4 Å². The summed E-state index contributed by atoms with van der Waals surface area (Å²) < 4.78 is 27.7. The van der Waals surface area contributed by atoms with Gasteiger partial charge in [-0.2, -0.15) is 0 Å². The molecule has 0 aromatic heterocycles. The van der Waals surface area contributed by atoms with Gasteiger partial charge in [-0.1, -0.05) is 12.1 Å². The van der Waals surface area contributed by atoms with Crippen LogP contribution in [0.3, 0.4) is 0 Å². The Morgan fingerprint density at radius 3 is 2.48 bits per heavy atom. The summed E-state index contributed by atoms with van der Waals surface area (Å²) in [6.07, 6.45) is 1.14. The quantitative estimate of drug-likeness (QED) is 0.351. The van der Waals surface area contributed by atoms with Gasteiger partial charge in [0, 0.05) is 19.0 Å². The van der Waals surface area contributed by atoms with Crippen LogP contribution in [0, 0.1) is 0 Å². The predicted octanol–water partition coefficient (Wildman–Crippen LogP) is 3.32. The van der Waals surface area contributed by atoms with Gasteiger partial charge in [-0.3, -0.25) is 14.4 Å². The number of carbonyl (C=O) groups excluding carboxylic acids is 2. The summed E-state index contributed by atoms with van der Waals surface area (Å²) in [5.74, 6) is 2.21. The van der Waals surface area contributed by atoms with Crippen LogP contribution in [0.5, 0.6) is 28.7 Å². The molecule has 11 nitrogen and oxygen atoms in total. The normalized spacial score (nSPS) is 14.5. The van der Waals surface area contributed by atoms with Gasteiger partial charge < -0.3 is 39.6 Å². The summed E-state index contributed by atoms with van der Waals surface area (Å²) in [6.45, 7) is 1.80. The highest BCUT2D eigenvalue weighted by molar-refractivity contribution is 5.84. The summed E-state index contributed by atoms with van der Waals surface area (Å²) in [4.78, 5) is 38.2. The third kappa shape index (κ3) is 5.76. The molecule has 0 radical (unpaired) electrons. The lowest BCUT2D eigenvalue weighted by Gasteiger charge is -2.19. The van der Waals surface area contributed by atoms with Gasteiger partial charge in [0.05, 0.1) is 39.6 Å². The van der Waals surface area contributed by atoms with Crippen LogP contribution in [0.25, 0.3) is 11.1 Å². The minimum Gasteiger partial charge on any atom is -0.493 e. The molecule has 3 N–H and O–H groups in total. The SMILES string of the molecule is COc1cc2c(c(OC)c1OC)-c1ccc(NCC(=O)NCc3ccc4c(c3)OCO4)c(=O)cc1[C@@H](NC(C)=O)CC2. The third-order valence-corrected chi connectivity index (χ3v) is 7.28. The minimum atomic E-state index is -0.426. The number of fused-ring (bicyclic) bond motifs is 4. The predicted molar refractivity (Wildman–Crippen MR) is 156 cm³/mol. The highest BCUT2D eigenvalue weighted by Crippen LogP contribution is 2.50. The highest BCUT2D eigenvalue weighted by atomic mass is 16.7. The van der Waals surface area contributed by atoms with E-state index in [2.05, 4.69) is 16.0 Å². The van der Waals surface area contributed by atoms with Gasteiger partial charge >= 0.3 is 0 Å². The zero-order valence-electron chi connectivity index (χ0n) is 23.9. The van der Waals surface area contributed by atoms with Crippen molar-refractivity contribution in [2.24, 2.45) is 0 Å². The first-order valence-corrected chi connectivity index (χ1v) is 13.5.